The summed E-state index contributed by atoms with van der Waals surface area (Å²) in [6.45, 7) is 12.1. The zero-order chi connectivity index (χ0) is 33.6. The van der Waals surface area contributed by atoms with E-state index in [4.69, 9.17) is 20.6 Å². The number of benzene rings is 2. The lowest BCUT2D eigenvalue weighted by Gasteiger charge is -2.42. The molecule has 11 nitrogen and oxygen atoms in total. The maximum Gasteiger partial charge on any atom is 0.410 e. The van der Waals surface area contributed by atoms with Crippen LogP contribution in [0.2, 0.25) is 0 Å². The van der Waals surface area contributed by atoms with E-state index >= 15 is 0 Å². The van der Waals surface area contributed by atoms with E-state index in [2.05, 4.69) is 11.2 Å². The molecule has 1 fully saturated rings. The number of amides is 4. The molecule has 46 heavy (non-hydrogen) atoms. The van der Waals surface area contributed by atoms with Crippen molar-refractivity contribution in [1.29, 1.82) is 0 Å². The van der Waals surface area contributed by atoms with E-state index < -0.39 is 23.9 Å². The highest BCUT2D eigenvalue weighted by molar-refractivity contribution is 6.04. The number of rotatable bonds is 8. The minimum absolute atomic E-state index is 0.104. The first-order chi connectivity index (χ1) is 21.8. The number of alkyl carbamates (subject to hydrolysis) is 1. The van der Waals surface area contributed by atoms with Crippen LogP contribution in [0.1, 0.15) is 75.9 Å². The van der Waals surface area contributed by atoms with Crippen molar-refractivity contribution >= 4 is 29.7 Å². The molecule has 2 aromatic carbocycles. The number of piperidine rings is 1. The molecule has 0 radical (unpaired) electrons. The van der Waals surface area contributed by atoms with Gasteiger partial charge in [0.1, 0.15) is 18.0 Å². The van der Waals surface area contributed by atoms with Crippen LogP contribution >= 0.6 is 0 Å². The number of hydrogen-bond acceptors (Lipinski definition) is 7. The standard InChI is InChI=1S/C35H44N4O7/c1-8-26-19-30-29(38(31(40)24(4)45-30)18-16-36-33(42)44-22-25-13-10-9-11-14-25)20-28(26)32(41)39(23(2)3)27-15-12-17-37(21-27)34(43)46-35(5,6)7/h1,9-11,13-14,19-20,23-24,27H,12,15-18,21-22H2,2-7H3,(H,36,42)/t24-,27-/m1/s1. The van der Waals surface area contributed by atoms with Gasteiger partial charge in [-0.2, -0.15) is 0 Å². The third kappa shape index (κ3) is 8.30. The van der Waals surface area contributed by atoms with Crippen LogP contribution < -0.4 is 15.0 Å². The highest BCUT2D eigenvalue weighted by Crippen LogP contribution is 2.37. The second kappa shape index (κ2) is 14.6. The lowest BCUT2D eigenvalue weighted by molar-refractivity contribution is -0.125. The fourth-order valence-electron chi connectivity index (χ4n) is 5.66. The van der Waals surface area contributed by atoms with Gasteiger partial charge in [0.25, 0.3) is 11.8 Å². The Morgan fingerprint density at radius 1 is 1.17 bits per heavy atom. The number of likely N-dealkylation sites (tertiary alicyclic amines) is 1. The maximum atomic E-state index is 14.3. The van der Waals surface area contributed by atoms with Crippen LogP contribution in [0.15, 0.2) is 42.5 Å². The van der Waals surface area contributed by atoms with Crippen LogP contribution in [0, 0.1) is 12.3 Å². The van der Waals surface area contributed by atoms with Crippen LogP contribution in [-0.4, -0.2) is 83.8 Å². The van der Waals surface area contributed by atoms with Gasteiger partial charge >= 0.3 is 12.2 Å². The Morgan fingerprint density at radius 3 is 2.54 bits per heavy atom. The first-order valence-corrected chi connectivity index (χ1v) is 15.7. The molecule has 246 valence electrons. The third-order valence-corrected chi connectivity index (χ3v) is 7.74. The normalized spacial score (nSPS) is 17.8. The molecule has 0 bridgehead atoms. The zero-order valence-corrected chi connectivity index (χ0v) is 27.5. The summed E-state index contributed by atoms with van der Waals surface area (Å²) in [6.07, 6.45) is 5.48. The molecule has 0 aliphatic carbocycles. The Morgan fingerprint density at radius 2 is 1.89 bits per heavy atom. The van der Waals surface area contributed by atoms with Gasteiger partial charge in [-0.1, -0.05) is 36.3 Å². The molecule has 0 aromatic heterocycles. The molecule has 2 aliphatic rings. The van der Waals surface area contributed by atoms with Gasteiger partial charge in [-0.25, -0.2) is 9.59 Å². The summed E-state index contributed by atoms with van der Waals surface area (Å²) in [7, 11) is 0. The summed E-state index contributed by atoms with van der Waals surface area (Å²) in [5.74, 6) is 2.35. The molecule has 2 aromatic rings. The molecule has 2 aliphatic heterocycles. The van der Waals surface area contributed by atoms with Gasteiger partial charge in [0.15, 0.2) is 6.10 Å². The summed E-state index contributed by atoms with van der Waals surface area (Å²) in [5.41, 5.74) is 1.18. The summed E-state index contributed by atoms with van der Waals surface area (Å²) < 4.78 is 16.8. The average molecular weight is 633 g/mol. The average Bonchev–Trinajstić information content (AvgIpc) is 3.01. The van der Waals surface area contributed by atoms with Gasteiger partial charge in [0, 0.05) is 37.8 Å². The van der Waals surface area contributed by atoms with Crippen molar-refractivity contribution in [2.24, 2.45) is 0 Å². The Hall–Kier alpha value is -4.72. The smallest absolute Gasteiger partial charge is 0.410 e. The summed E-state index contributed by atoms with van der Waals surface area (Å²) in [5, 5.41) is 2.68. The molecular formula is C35H44N4O7. The minimum Gasteiger partial charge on any atom is -0.479 e. The van der Waals surface area contributed by atoms with Crippen molar-refractivity contribution in [2.75, 3.05) is 31.1 Å². The van der Waals surface area contributed by atoms with Crippen LogP contribution in [0.3, 0.4) is 0 Å². The first-order valence-electron chi connectivity index (χ1n) is 15.7. The van der Waals surface area contributed by atoms with E-state index in [1.165, 1.54) is 4.90 Å². The molecule has 1 N–H and O–H groups in total. The van der Waals surface area contributed by atoms with Crippen LogP contribution in [0.25, 0.3) is 0 Å². The number of hydrogen-bond donors (Lipinski definition) is 1. The van der Waals surface area contributed by atoms with Crippen molar-refractivity contribution < 1.29 is 33.4 Å². The maximum absolute atomic E-state index is 14.3. The van der Waals surface area contributed by atoms with Gasteiger partial charge in [0.05, 0.1) is 17.3 Å². The van der Waals surface area contributed by atoms with Gasteiger partial charge in [-0.05, 0) is 72.1 Å². The van der Waals surface area contributed by atoms with Crippen molar-refractivity contribution in [3.8, 4) is 18.1 Å². The minimum atomic E-state index is -0.794. The molecule has 2 atom stereocenters. The first kappa shape index (κ1) is 34.2. The predicted octanol–water partition coefficient (Wildman–Crippen LogP) is 4.96. The number of fused-ring (bicyclic) bond motifs is 1. The largest absolute Gasteiger partial charge is 0.479 e. The molecule has 11 heteroatoms. The lowest BCUT2D eigenvalue weighted by atomic mass is 9.98. The summed E-state index contributed by atoms with van der Waals surface area (Å²) >= 11 is 0. The fraction of sp³-hybridized carbons (Fsp3) is 0.486. The Bertz CT molecular complexity index is 1480. The van der Waals surface area contributed by atoms with Gasteiger partial charge in [-0.15, -0.1) is 6.42 Å². The number of carbonyl (C=O) groups excluding carboxylic acids is 4. The quantitative estimate of drug-likeness (QED) is 0.409. The number of ether oxygens (including phenoxy) is 3. The molecular weight excluding hydrogens is 588 g/mol. The summed E-state index contributed by atoms with van der Waals surface area (Å²) in [4.78, 5) is 57.6. The van der Waals surface area contributed by atoms with E-state index in [1.807, 2.05) is 65.0 Å². The number of nitrogens with one attached hydrogen (secondary N) is 1. The van der Waals surface area contributed by atoms with Gasteiger partial charge < -0.3 is 34.2 Å². The highest BCUT2D eigenvalue weighted by atomic mass is 16.6. The second-order valence-corrected chi connectivity index (χ2v) is 12.8. The topological polar surface area (TPSA) is 118 Å². The van der Waals surface area contributed by atoms with E-state index in [0.29, 0.717) is 42.9 Å². The van der Waals surface area contributed by atoms with Crippen molar-refractivity contribution in [1.82, 2.24) is 15.1 Å². The SMILES string of the molecule is C#Cc1cc2c(cc1C(=O)N(C(C)C)[C@@H]1CCCN(C(=O)OC(C)(C)C)C1)N(CCNC(=O)OCc1ccccc1)C(=O)[C@@H](C)O2. The molecule has 4 rings (SSSR count). The zero-order valence-electron chi connectivity index (χ0n) is 27.5. The van der Waals surface area contributed by atoms with Gasteiger partial charge in [-0.3, -0.25) is 9.59 Å². The van der Waals surface area contributed by atoms with E-state index in [-0.39, 0.29) is 49.2 Å². The molecule has 4 amide bonds. The lowest BCUT2D eigenvalue weighted by Crippen LogP contribution is -2.54. The van der Waals surface area contributed by atoms with Crippen LogP contribution in [0.5, 0.6) is 5.75 Å². The molecule has 1 saturated heterocycles. The van der Waals surface area contributed by atoms with E-state index in [0.717, 1.165) is 5.56 Å². The van der Waals surface area contributed by atoms with Gasteiger partial charge in [0.2, 0.25) is 0 Å². The van der Waals surface area contributed by atoms with Crippen molar-refractivity contribution in [2.45, 2.75) is 84.8 Å². The molecule has 0 saturated carbocycles. The van der Waals surface area contributed by atoms with E-state index in [9.17, 15) is 19.2 Å². The van der Waals surface area contributed by atoms with Crippen LogP contribution in [0.4, 0.5) is 15.3 Å². The Kier molecular flexibility index (Phi) is 10.8. The highest BCUT2D eigenvalue weighted by Gasteiger charge is 2.37. The number of nitrogens with zero attached hydrogens (tertiary/aromatic N) is 3. The summed E-state index contributed by atoms with van der Waals surface area (Å²) in [6, 6.07) is 12.0. The van der Waals surface area contributed by atoms with E-state index in [1.54, 1.807) is 28.9 Å². The second-order valence-electron chi connectivity index (χ2n) is 12.8. The predicted molar refractivity (Wildman–Crippen MR) is 174 cm³/mol. The third-order valence-electron chi connectivity index (χ3n) is 7.74. The fourth-order valence-corrected chi connectivity index (χ4v) is 5.66. The number of carbonyl (C=O) groups is 4. The number of anilines is 1. The monoisotopic (exact) mass is 632 g/mol. The van der Waals surface area contributed by atoms with Crippen molar-refractivity contribution in [3.05, 3.63) is 59.2 Å². The molecule has 0 spiro atoms. The Labute approximate surface area is 271 Å². The van der Waals surface area contributed by atoms with Crippen molar-refractivity contribution in [3.63, 3.8) is 0 Å². The van der Waals surface area contributed by atoms with Crippen LogP contribution in [-0.2, 0) is 20.9 Å². The Balaban J connectivity index is 1.53. The number of terminal acetylenes is 1. The molecule has 0 unspecified atom stereocenters. The molecule has 2 heterocycles.